The Morgan fingerprint density at radius 3 is 1.05 bits per heavy atom. The first kappa shape index (κ1) is 81.7. The van der Waals surface area contributed by atoms with Gasteiger partial charge in [0, 0.05) is 6.42 Å². The van der Waals surface area contributed by atoms with Crippen LogP contribution in [0.2, 0.25) is 0 Å². The molecule has 0 spiro atoms. The summed E-state index contributed by atoms with van der Waals surface area (Å²) in [5, 5.41) is 14.0. The molecule has 3 atom stereocenters. The molecule has 84 heavy (non-hydrogen) atoms. The second-order valence-corrected chi connectivity index (χ2v) is 27.0. The molecule has 3 N–H and O–H groups in total. The zero-order valence-electron chi connectivity index (χ0n) is 56.1. The van der Waals surface area contributed by atoms with Crippen LogP contribution in [0, 0.1) is 0 Å². The zero-order valence-corrected chi connectivity index (χ0v) is 57.0. The van der Waals surface area contributed by atoms with Crippen molar-refractivity contribution in [2.24, 2.45) is 0 Å². The quantitative estimate of drug-likeness (QED) is 0.0243. The Bertz CT molecular complexity index is 1650. The molecular weight excluding hydrogens is 1060 g/mol. The van der Waals surface area contributed by atoms with Gasteiger partial charge in [-0.2, -0.15) is 0 Å². The Balaban J connectivity index is 4.03. The molecule has 0 aromatic carbocycles. The van der Waals surface area contributed by atoms with Crippen molar-refractivity contribution in [3.05, 3.63) is 85.1 Å². The third kappa shape index (κ3) is 67.2. The van der Waals surface area contributed by atoms with E-state index in [0.29, 0.717) is 17.4 Å². The maximum Gasteiger partial charge on any atom is 0.472 e. The topological polar surface area (TPSA) is 105 Å². The number of quaternary nitrogens is 1. The molecule has 8 nitrogen and oxygen atoms in total. The van der Waals surface area contributed by atoms with Gasteiger partial charge in [0.25, 0.3) is 0 Å². The molecule has 0 aromatic rings. The number of rotatable bonds is 66. The fourth-order valence-corrected chi connectivity index (χ4v) is 11.3. The normalized spacial score (nSPS) is 14.1. The van der Waals surface area contributed by atoms with Crippen LogP contribution in [0.1, 0.15) is 335 Å². The molecule has 1 amide bonds. The molecule has 0 aliphatic heterocycles. The Morgan fingerprint density at radius 1 is 0.417 bits per heavy atom. The fourth-order valence-electron chi connectivity index (χ4n) is 10.6. The van der Waals surface area contributed by atoms with E-state index in [1.54, 1.807) is 6.08 Å². The minimum absolute atomic E-state index is 0.0609. The maximum absolute atomic E-state index is 13.1. The lowest BCUT2D eigenvalue weighted by atomic mass is 10.0. The number of likely N-dealkylation sites (N-methyl/N-ethyl adjacent to an activating group) is 1. The van der Waals surface area contributed by atoms with Crippen molar-refractivity contribution >= 4 is 13.7 Å². The van der Waals surface area contributed by atoms with Crippen molar-refractivity contribution in [2.75, 3.05) is 40.9 Å². The third-order valence-electron chi connectivity index (χ3n) is 16.1. The number of aliphatic hydroxyl groups excluding tert-OH is 1. The van der Waals surface area contributed by atoms with Crippen molar-refractivity contribution in [3.8, 4) is 0 Å². The predicted octanol–water partition coefficient (Wildman–Crippen LogP) is 23.1. The van der Waals surface area contributed by atoms with E-state index in [2.05, 4.69) is 92.1 Å². The van der Waals surface area contributed by atoms with Crippen LogP contribution in [0.15, 0.2) is 85.1 Å². The van der Waals surface area contributed by atoms with Gasteiger partial charge in [0.05, 0.1) is 39.9 Å². The summed E-state index contributed by atoms with van der Waals surface area (Å²) in [6, 6.07) is -0.850. The molecule has 0 radical (unpaired) electrons. The van der Waals surface area contributed by atoms with Crippen LogP contribution in [0.4, 0.5) is 0 Å². The van der Waals surface area contributed by atoms with Gasteiger partial charge in [0.2, 0.25) is 5.91 Å². The van der Waals surface area contributed by atoms with E-state index < -0.39 is 20.0 Å². The summed E-state index contributed by atoms with van der Waals surface area (Å²) < 4.78 is 23.8. The molecule has 0 bridgehead atoms. The van der Waals surface area contributed by atoms with Gasteiger partial charge in [-0.05, 0) is 70.6 Å². The van der Waals surface area contributed by atoms with Crippen LogP contribution < -0.4 is 5.32 Å². The molecule has 0 saturated heterocycles. The number of carbonyl (C=O) groups is 1. The highest BCUT2D eigenvalue weighted by Crippen LogP contribution is 2.43. The summed E-state index contributed by atoms with van der Waals surface area (Å²) in [4.78, 5) is 23.4. The van der Waals surface area contributed by atoms with E-state index in [1.165, 1.54) is 238 Å². The van der Waals surface area contributed by atoms with Crippen molar-refractivity contribution < 1.29 is 32.9 Å². The first-order valence-corrected chi connectivity index (χ1v) is 37.5. The highest BCUT2D eigenvalue weighted by atomic mass is 31.2. The monoisotopic (exact) mass is 1200 g/mol. The van der Waals surface area contributed by atoms with E-state index >= 15 is 0 Å². The van der Waals surface area contributed by atoms with Crippen LogP contribution in [0.5, 0.6) is 0 Å². The molecule has 0 aliphatic rings. The number of hydrogen-bond acceptors (Lipinski definition) is 5. The highest BCUT2D eigenvalue weighted by molar-refractivity contribution is 7.47. The van der Waals surface area contributed by atoms with E-state index in [4.69, 9.17) is 9.05 Å². The number of amides is 1. The van der Waals surface area contributed by atoms with Crippen molar-refractivity contribution in [3.63, 3.8) is 0 Å². The van der Waals surface area contributed by atoms with Gasteiger partial charge in [0.15, 0.2) is 0 Å². The lowest BCUT2D eigenvalue weighted by Crippen LogP contribution is -2.45. The minimum Gasteiger partial charge on any atom is -0.387 e. The molecule has 0 heterocycles. The van der Waals surface area contributed by atoms with Gasteiger partial charge in [-0.15, -0.1) is 0 Å². The molecule has 0 saturated carbocycles. The molecule has 3 unspecified atom stereocenters. The van der Waals surface area contributed by atoms with E-state index in [-0.39, 0.29) is 19.1 Å². The first-order chi connectivity index (χ1) is 41.0. The van der Waals surface area contributed by atoms with Crippen LogP contribution in [0.3, 0.4) is 0 Å². The summed E-state index contributed by atoms with van der Waals surface area (Å²) in [6.07, 6.45) is 93.0. The Hall–Kier alpha value is -2.32. The summed E-state index contributed by atoms with van der Waals surface area (Å²) in [6.45, 7) is 4.74. The molecule has 9 heteroatoms. The Kier molecular flexibility index (Phi) is 63.3. The average Bonchev–Trinajstić information content (AvgIpc) is 3.56. The molecule has 0 rings (SSSR count). The van der Waals surface area contributed by atoms with Crippen LogP contribution >= 0.6 is 7.82 Å². The standard InChI is InChI=1S/C75H139N2O6P/c1-6-8-10-12-14-16-18-20-22-24-26-28-30-32-33-34-35-36-37-38-39-40-41-42-43-45-47-49-51-53-55-57-59-61-63-65-67-69-75(79)76-73(72-83-84(80,81)82-71-70-77(3,4)5)74(78)68-66-64-62-60-58-56-54-52-50-48-46-44-31-29-27-25-23-21-19-17-15-13-11-9-7-2/h8,10,14,16,20,22,26,28,32-33,35-36,66,68,73-74,78H,6-7,9,11-13,15,17-19,21,23-25,27,29-31,34,37-65,67,69-72H2,1-5H3,(H-,76,79,80,81)/p+1/b10-8-,16-14-,22-20-,28-26-,33-32-,36-35-,68-66+. The van der Waals surface area contributed by atoms with Crippen molar-refractivity contribution in [1.29, 1.82) is 0 Å². The number of nitrogens with one attached hydrogen (secondary N) is 1. The molecular formula is C75H140N2O6P+. The Morgan fingerprint density at radius 2 is 0.714 bits per heavy atom. The van der Waals surface area contributed by atoms with Crippen molar-refractivity contribution in [2.45, 2.75) is 347 Å². The minimum atomic E-state index is -4.36. The molecule has 490 valence electrons. The van der Waals surface area contributed by atoms with Gasteiger partial charge in [0.1, 0.15) is 13.2 Å². The van der Waals surface area contributed by atoms with Gasteiger partial charge in [-0.25, -0.2) is 4.57 Å². The predicted molar refractivity (Wildman–Crippen MR) is 369 cm³/mol. The molecule has 0 aliphatic carbocycles. The smallest absolute Gasteiger partial charge is 0.387 e. The summed E-state index contributed by atoms with van der Waals surface area (Å²) in [7, 11) is 1.58. The average molecular weight is 1200 g/mol. The van der Waals surface area contributed by atoms with E-state index in [0.717, 1.165) is 77.0 Å². The summed E-state index contributed by atoms with van der Waals surface area (Å²) in [5.41, 5.74) is 0. The highest BCUT2D eigenvalue weighted by Gasteiger charge is 2.28. The number of unbranched alkanes of at least 4 members (excludes halogenated alkanes) is 41. The zero-order chi connectivity index (χ0) is 61.2. The van der Waals surface area contributed by atoms with Gasteiger partial charge >= 0.3 is 7.82 Å². The second-order valence-electron chi connectivity index (χ2n) is 25.6. The van der Waals surface area contributed by atoms with E-state index in [9.17, 15) is 19.4 Å². The first-order valence-electron chi connectivity index (χ1n) is 36.0. The number of carbonyl (C=O) groups excluding carboxylic acids is 1. The summed E-state index contributed by atoms with van der Waals surface area (Å²) in [5.74, 6) is -0.173. The van der Waals surface area contributed by atoms with E-state index in [1.807, 2.05) is 27.2 Å². The number of nitrogens with zero attached hydrogens (tertiary/aromatic N) is 1. The molecule has 0 fully saturated rings. The number of phosphoric acid groups is 1. The van der Waals surface area contributed by atoms with Crippen molar-refractivity contribution in [1.82, 2.24) is 5.32 Å². The number of hydrogen-bond donors (Lipinski definition) is 3. The number of aliphatic hydroxyl groups is 1. The van der Waals surface area contributed by atoms with Crippen LogP contribution in [0.25, 0.3) is 0 Å². The van der Waals surface area contributed by atoms with Gasteiger partial charge in [-0.3, -0.25) is 13.8 Å². The number of phosphoric ester groups is 1. The number of allylic oxidation sites excluding steroid dienone is 13. The largest absolute Gasteiger partial charge is 0.472 e. The Labute approximate surface area is 522 Å². The van der Waals surface area contributed by atoms with Gasteiger partial charge < -0.3 is 19.8 Å². The lowest BCUT2D eigenvalue weighted by Gasteiger charge is -2.25. The SMILES string of the molecule is CC/C=C\C/C=C\C/C=C\C/C=C\C/C=C\C/C=C\CCCCCCCCCCCCCCCCCCCCC(=O)NC(COP(=O)(O)OCC[N+](C)(C)C)C(O)/C=C/CCCCCCCCCCCCCCCCCCCCCCCCC. The third-order valence-corrected chi connectivity index (χ3v) is 17.1. The molecule has 0 aromatic heterocycles. The van der Waals surface area contributed by atoms with Crippen LogP contribution in [-0.2, 0) is 18.4 Å². The van der Waals surface area contributed by atoms with Crippen LogP contribution in [-0.4, -0.2) is 73.4 Å². The maximum atomic E-state index is 13.1. The fraction of sp³-hybridized carbons (Fsp3) is 0.800. The second kappa shape index (κ2) is 65.1. The van der Waals surface area contributed by atoms with Gasteiger partial charge in [-0.1, -0.05) is 343 Å². The summed E-state index contributed by atoms with van der Waals surface area (Å²) >= 11 is 0. The lowest BCUT2D eigenvalue weighted by molar-refractivity contribution is -0.870.